The van der Waals surface area contributed by atoms with Crippen molar-refractivity contribution in [3.63, 3.8) is 0 Å². The summed E-state index contributed by atoms with van der Waals surface area (Å²) in [7, 11) is 2.24. The molecule has 76 valence electrons. The first-order chi connectivity index (χ1) is 6.75. The minimum atomic E-state index is 1.04. The molecule has 1 saturated heterocycles. The van der Waals surface area contributed by atoms with Crippen LogP contribution in [0.5, 0.6) is 0 Å². The third kappa shape index (κ3) is 2.01. The third-order valence-electron chi connectivity index (χ3n) is 2.73. The quantitative estimate of drug-likeness (QED) is 0.629. The molecular formula is C10H17N4+. The summed E-state index contributed by atoms with van der Waals surface area (Å²) in [5.41, 5.74) is 1.04. The van der Waals surface area contributed by atoms with Crippen molar-refractivity contribution in [1.82, 2.24) is 9.97 Å². The number of quaternary nitrogens is 1. The molecule has 4 nitrogen and oxygen atoms in total. The molecule has 1 N–H and O–H groups in total. The molecule has 2 heterocycles. The standard InChI is InChI=1S/C10H16N4/c1-9-7-10(12-8-11-9)14-5-3-13(2)4-6-14/h7-8H,3-6H2,1-2H3/p+1. The van der Waals surface area contributed by atoms with Gasteiger partial charge in [-0.25, -0.2) is 9.97 Å². The smallest absolute Gasteiger partial charge is 0.132 e. The van der Waals surface area contributed by atoms with Crippen molar-refractivity contribution in [2.24, 2.45) is 0 Å². The van der Waals surface area contributed by atoms with Gasteiger partial charge in [0.1, 0.15) is 12.1 Å². The molecule has 1 fully saturated rings. The second-order valence-electron chi connectivity index (χ2n) is 3.96. The van der Waals surface area contributed by atoms with Crippen LogP contribution in [-0.2, 0) is 0 Å². The Morgan fingerprint density at radius 3 is 2.64 bits per heavy atom. The van der Waals surface area contributed by atoms with Gasteiger partial charge in [0.15, 0.2) is 0 Å². The summed E-state index contributed by atoms with van der Waals surface area (Å²) in [5, 5.41) is 0. The fraction of sp³-hybridized carbons (Fsp3) is 0.600. The van der Waals surface area contributed by atoms with Gasteiger partial charge in [-0.05, 0) is 6.92 Å². The van der Waals surface area contributed by atoms with Crippen molar-refractivity contribution in [3.8, 4) is 0 Å². The number of rotatable bonds is 1. The number of nitrogens with one attached hydrogen (secondary N) is 1. The molecule has 4 heteroatoms. The zero-order chi connectivity index (χ0) is 9.97. The second-order valence-corrected chi connectivity index (χ2v) is 3.96. The number of piperazine rings is 1. The van der Waals surface area contributed by atoms with Crippen molar-refractivity contribution >= 4 is 5.82 Å². The van der Waals surface area contributed by atoms with Crippen LogP contribution in [0.2, 0.25) is 0 Å². The highest BCUT2D eigenvalue weighted by atomic mass is 15.3. The van der Waals surface area contributed by atoms with E-state index in [1.165, 1.54) is 13.1 Å². The summed E-state index contributed by atoms with van der Waals surface area (Å²) in [4.78, 5) is 12.3. The van der Waals surface area contributed by atoms with Crippen molar-refractivity contribution < 1.29 is 4.90 Å². The molecule has 0 aromatic carbocycles. The Morgan fingerprint density at radius 2 is 2.00 bits per heavy atom. The van der Waals surface area contributed by atoms with E-state index in [-0.39, 0.29) is 0 Å². The fourth-order valence-electron chi connectivity index (χ4n) is 1.73. The van der Waals surface area contributed by atoms with Crippen LogP contribution in [0.1, 0.15) is 5.69 Å². The Balaban J connectivity index is 2.08. The molecule has 2 rings (SSSR count). The van der Waals surface area contributed by atoms with Crippen molar-refractivity contribution in [1.29, 1.82) is 0 Å². The second kappa shape index (κ2) is 3.92. The first-order valence-corrected chi connectivity index (χ1v) is 5.10. The summed E-state index contributed by atoms with van der Waals surface area (Å²) < 4.78 is 0. The van der Waals surface area contributed by atoms with Crippen LogP contribution in [0.3, 0.4) is 0 Å². The molecule has 1 aliphatic rings. The van der Waals surface area contributed by atoms with Crippen LogP contribution in [0.4, 0.5) is 5.82 Å². The van der Waals surface area contributed by atoms with Gasteiger partial charge in [-0.2, -0.15) is 0 Å². The van der Waals surface area contributed by atoms with E-state index in [0.29, 0.717) is 0 Å². The Labute approximate surface area is 84.6 Å². The van der Waals surface area contributed by atoms with E-state index in [2.05, 4.69) is 28.0 Å². The summed E-state index contributed by atoms with van der Waals surface area (Å²) in [6.45, 7) is 6.60. The van der Waals surface area contributed by atoms with Crippen LogP contribution in [-0.4, -0.2) is 43.2 Å². The third-order valence-corrected chi connectivity index (χ3v) is 2.73. The number of aryl methyl sites for hydroxylation is 1. The highest BCUT2D eigenvalue weighted by Gasteiger charge is 2.17. The zero-order valence-electron chi connectivity index (χ0n) is 8.82. The minimum absolute atomic E-state index is 1.04. The highest BCUT2D eigenvalue weighted by Crippen LogP contribution is 2.09. The largest absolute Gasteiger partial charge is 0.345 e. The lowest BCUT2D eigenvalue weighted by Gasteiger charge is -2.30. The van der Waals surface area contributed by atoms with E-state index < -0.39 is 0 Å². The molecule has 0 spiro atoms. The van der Waals surface area contributed by atoms with Crippen LogP contribution < -0.4 is 9.80 Å². The summed E-state index contributed by atoms with van der Waals surface area (Å²) in [6, 6.07) is 2.06. The number of nitrogens with zero attached hydrogens (tertiary/aromatic N) is 3. The van der Waals surface area contributed by atoms with Gasteiger partial charge < -0.3 is 9.80 Å². The molecular weight excluding hydrogens is 176 g/mol. The number of hydrogen-bond acceptors (Lipinski definition) is 3. The number of hydrogen-bond donors (Lipinski definition) is 1. The fourth-order valence-corrected chi connectivity index (χ4v) is 1.73. The highest BCUT2D eigenvalue weighted by molar-refractivity contribution is 5.38. The van der Waals surface area contributed by atoms with E-state index in [1.54, 1.807) is 11.2 Å². The molecule has 1 aromatic heterocycles. The number of likely N-dealkylation sites (N-methyl/N-ethyl adjacent to an activating group) is 1. The van der Waals surface area contributed by atoms with E-state index >= 15 is 0 Å². The van der Waals surface area contributed by atoms with Gasteiger partial charge in [0, 0.05) is 11.8 Å². The van der Waals surface area contributed by atoms with Crippen molar-refractivity contribution in [3.05, 3.63) is 18.1 Å². The van der Waals surface area contributed by atoms with Gasteiger partial charge in [0.2, 0.25) is 0 Å². The Bertz CT molecular complexity index is 305. The average Bonchev–Trinajstić information content (AvgIpc) is 2.19. The molecule has 0 radical (unpaired) electrons. The molecule has 1 aliphatic heterocycles. The van der Waals surface area contributed by atoms with Gasteiger partial charge in [0.05, 0.1) is 33.2 Å². The molecule has 0 saturated carbocycles. The first kappa shape index (κ1) is 9.40. The van der Waals surface area contributed by atoms with E-state index in [9.17, 15) is 0 Å². The van der Waals surface area contributed by atoms with E-state index in [4.69, 9.17) is 0 Å². The van der Waals surface area contributed by atoms with E-state index in [1.807, 2.05) is 6.92 Å². The van der Waals surface area contributed by atoms with Crippen LogP contribution in [0.15, 0.2) is 12.4 Å². The minimum Gasteiger partial charge on any atom is -0.345 e. The predicted molar refractivity (Wildman–Crippen MR) is 55.6 cm³/mol. The maximum atomic E-state index is 4.29. The van der Waals surface area contributed by atoms with Crippen LogP contribution >= 0.6 is 0 Å². The van der Waals surface area contributed by atoms with Crippen LogP contribution in [0.25, 0.3) is 0 Å². The van der Waals surface area contributed by atoms with Crippen molar-refractivity contribution in [2.45, 2.75) is 6.92 Å². The molecule has 1 aromatic rings. The van der Waals surface area contributed by atoms with Crippen LogP contribution in [0, 0.1) is 6.92 Å². The predicted octanol–water partition coefficient (Wildman–Crippen LogP) is -0.880. The van der Waals surface area contributed by atoms with Crippen molar-refractivity contribution in [2.75, 3.05) is 38.1 Å². The maximum Gasteiger partial charge on any atom is 0.132 e. The number of aromatic nitrogens is 2. The molecule has 0 atom stereocenters. The Kier molecular flexibility index (Phi) is 2.63. The monoisotopic (exact) mass is 193 g/mol. The van der Waals surface area contributed by atoms with Gasteiger partial charge >= 0.3 is 0 Å². The maximum absolute atomic E-state index is 4.29. The molecule has 0 bridgehead atoms. The Morgan fingerprint density at radius 1 is 1.29 bits per heavy atom. The van der Waals surface area contributed by atoms with Gasteiger partial charge in [-0.1, -0.05) is 0 Å². The molecule has 14 heavy (non-hydrogen) atoms. The molecule has 0 amide bonds. The van der Waals surface area contributed by atoms with E-state index in [0.717, 1.165) is 24.6 Å². The topological polar surface area (TPSA) is 33.5 Å². The lowest BCUT2D eigenvalue weighted by atomic mass is 10.3. The Hall–Kier alpha value is -1.16. The van der Waals surface area contributed by atoms with Gasteiger partial charge in [-0.15, -0.1) is 0 Å². The summed E-state index contributed by atoms with van der Waals surface area (Å²) >= 11 is 0. The molecule has 0 aliphatic carbocycles. The summed E-state index contributed by atoms with van der Waals surface area (Å²) in [5.74, 6) is 1.07. The van der Waals surface area contributed by atoms with Gasteiger partial charge in [0.25, 0.3) is 0 Å². The van der Waals surface area contributed by atoms with Gasteiger partial charge in [-0.3, -0.25) is 0 Å². The SMILES string of the molecule is Cc1cc(N2CC[NH+](C)CC2)ncn1. The summed E-state index contributed by atoms with van der Waals surface area (Å²) in [6.07, 6.45) is 1.65. The number of anilines is 1. The zero-order valence-corrected chi connectivity index (χ0v) is 8.82. The average molecular weight is 193 g/mol. The first-order valence-electron chi connectivity index (χ1n) is 5.10. The lowest BCUT2D eigenvalue weighted by molar-refractivity contribution is -0.880. The molecule has 0 unspecified atom stereocenters. The normalized spacial score (nSPS) is 18.6. The lowest BCUT2D eigenvalue weighted by Crippen LogP contribution is -3.12.